The summed E-state index contributed by atoms with van der Waals surface area (Å²) in [5, 5.41) is 9.60. The summed E-state index contributed by atoms with van der Waals surface area (Å²) < 4.78 is 6.54. The van der Waals surface area contributed by atoms with Crippen molar-refractivity contribution in [3.63, 3.8) is 0 Å². The fraction of sp³-hybridized carbons (Fsp3) is 0. The molecular formula is C14H8BrN3OS. The monoisotopic (exact) mass is 345 g/mol. The molecule has 0 spiro atoms. The standard InChI is InChI=1S/C14H8BrN3OS/c15-9-2-1-8(7-16)13(5-9)20-14-18-11-6-10(17)3-4-12(11)19-14/h1-6H,17H2. The van der Waals surface area contributed by atoms with Gasteiger partial charge in [0.2, 0.25) is 0 Å². The van der Waals surface area contributed by atoms with E-state index in [9.17, 15) is 0 Å². The molecule has 1 heterocycles. The highest BCUT2D eigenvalue weighted by molar-refractivity contribution is 9.10. The minimum Gasteiger partial charge on any atom is -0.431 e. The zero-order valence-electron chi connectivity index (χ0n) is 10.1. The summed E-state index contributed by atoms with van der Waals surface area (Å²) in [5.41, 5.74) is 8.32. The van der Waals surface area contributed by atoms with Gasteiger partial charge in [-0.15, -0.1) is 0 Å². The van der Waals surface area contributed by atoms with Crippen molar-refractivity contribution in [2.24, 2.45) is 0 Å². The third kappa shape index (κ3) is 2.50. The van der Waals surface area contributed by atoms with Crippen molar-refractivity contribution in [3.8, 4) is 6.07 Å². The van der Waals surface area contributed by atoms with Gasteiger partial charge in [-0.3, -0.25) is 0 Å². The van der Waals surface area contributed by atoms with Crippen LogP contribution in [0.5, 0.6) is 0 Å². The maximum Gasteiger partial charge on any atom is 0.261 e. The molecule has 0 amide bonds. The summed E-state index contributed by atoms with van der Waals surface area (Å²) in [7, 11) is 0. The molecule has 0 saturated heterocycles. The van der Waals surface area contributed by atoms with Gasteiger partial charge in [0, 0.05) is 15.1 Å². The number of aromatic nitrogens is 1. The third-order valence-electron chi connectivity index (χ3n) is 2.65. The number of oxazole rings is 1. The van der Waals surface area contributed by atoms with Gasteiger partial charge in [-0.2, -0.15) is 5.26 Å². The van der Waals surface area contributed by atoms with Gasteiger partial charge in [-0.05, 0) is 48.2 Å². The van der Waals surface area contributed by atoms with Crippen LogP contribution in [-0.2, 0) is 0 Å². The molecule has 6 heteroatoms. The Labute approximate surface area is 127 Å². The molecule has 4 nitrogen and oxygen atoms in total. The van der Waals surface area contributed by atoms with Crippen LogP contribution in [0, 0.1) is 11.3 Å². The van der Waals surface area contributed by atoms with Gasteiger partial charge in [0.05, 0.1) is 5.56 Å². The van der Waals surface area contributed by atoms with Crippen molar-refractivity contribution in [1.29, 1.82) is 5.26 Å². The molecule has 0 bridgehead atoms. The molecule has 0 aliphatic heterocycles. The summed E-state index contributed by atoms with van der Waals surface area (Å²) in [6.07, 6.45) is 0. The fourth-order valence-electron chi connectivity index (χ4n) is 1.73. The predicted octanol–water partition coefficient (Wildman–Crippen LogP) is 4.20. The van der Waals surface area contributed by atoms with Gasteiger partial charge in [-0.1, -0.05) is 15.9 Å². The van der Waals surface area contributed by atoms with Gasteiger partial charge in [0.25, 0.3) is 5.22 Å². The number of nitrogens with two attached hydrogens (primary N) is 1. The lowest BCUT2D eigenvalue weighted by Crippen LogP contribution is -1.82. The second-order valence-electron chi connectivity index (χ2n) is 4.06. The van der Waals surface area contributed by atoms with Gasteiger partial charge < -0.3 is 10.2 Å². The normalized spacial score (nSPS) is 10.6. The summed E-state index contributed by atoms with van der Waals surface area (Å²) in [4.78, 5) is 5.16. The van der Waals surface area contributed by atoms with Crippen molar-refractivity contribution in [3.05, 3.63) is 46.4 Å². The minimum atomic E-state index is 0.486. The first-order chi connectivity index (χ1) is 9.65. The molecule has 0 fully saturated rings. The molecule has 0 aliphatic rings. The molecule has 3 rings (SSSR count). The van der Waals surface area contributed by atoms with E-state index in [1.807, 2.05) is 12.1 Å². The highest BCUT2D eigenvalue weighted by atomic mass is 79.9. The molecule has 2 N–H and O–H groups in total. The van der Waals surface area contributed by atoms with Gasteiger partial charge in [-0.25, -0.2) is 4.98 Å². The molecule has 2 aromatic carbocycles. The van der Waals surface area contributed by atoms with Crippen LogP contribution in [0.1, 0.15) is 5.56 Å². The van der Waals surface area contributed by atoms with E-state index in [0.29, 0.717) is 27.6 Å². The van der Waals surface area contributed by atoms with Gasteiger partial charge in [0.15, 0.2) is 5.58 Å². The molecular weight excluding hydrogens is 338 g/mol. The Kier molecular flexibility index (Phi) is 3.38. The van der Waals surface area contributed by atoms with E-state index >= 15 is 0 Å². The summed E-state index contributed by atoms with van der Waals surface area (Å²) >= 11 is 4.71. The fourth-order valence-corrected chi connectivity index (χ4v) is 3.12. The minimum absolute atomic E-state index is 0.486. The molecule has 0 atom stereocenters. The van der Waals surface area contributed by atoms with Crippen molar-refractivity contribution in [1.82, 2.24) is 4.98 Å². The number of nitriles is 1. The van der Waals surface area contributed by atoms with E-state index in [-0.39, 0.29) is 0 Å². The first-order valence-electron chi connectivity index (χ1n) is 5.69. The van der Waals surface area contributed by atoms with E-state index in [1.54, 1.807) is 24.3 Å². The number of nitrogen functional groups attached to an aromatic ring is 1. The Bertz CT molecular complexity index is 838. The Hall–Kier alpha value is -1.97. The number of fused-ring (bicyclic) bond motifs is 1. The maximum atomic E-state index is 9.12. The zero-order chi connectivity index (χ0) is 14.1. The van der Waals surface area contributed by atoms with Crippen LogP contribution in [0.2, 0.25) is 0 Å². The highest BCUT2D eigenvalue weighted by Gasteiger charge is 2.11. The molecule has 1 aromatic heterocycles. The maximum absolute atomic E-state index is 9.12. The number of anilines is 1. The molecule has 3 aromatic rings. The third-order valence-corrected chi connectivity index (χ3v) is 4.05. The van der Waals surface area contributed by atoms with Crippen LogP contribution in [-0.4, -0.2) is 4.98 Å². The molecule has 0 saturated carbocycles. The van der Waals surface area contributed by atoms with Crippen LogP contribution in [0.3, 0.4) is 0 Å². The predicted molar refractivity (Wildman–Crippen MR) is 81.4 cm³/mol. The summed E-state index contributed by atoms with van der Waals surface area (Å²) in [6.45, 7) is 0. The number of nitrogens with zero attached hydrogens (tertiary/aromatic N) is 2. The molecule has 0 aliphatic carbocycles. The second kappa shape index (κ2) is 5.19. The Balaban J connectivity index is 2.01. The van der Waals surface area contributed by atoms with Crippen LogP contribution in [0.4, 0.5) is 5.69 Å². The number of rotatable bonds is 2. The van der Waals surface area contributed by atoms with Gasteiger partial charge >= 0.3 is 0 Å². The molecule has 0 unspecified atom stereocenters. The van der Waals surface area contributed by atoms with Crippen molar-refractivity contribution < 1.29 is 4.42 Å². The lowest BCUT2D eigenvalue weighted by Gasteiger charge is -2.00. The first-order valence-corrected chi connectivity index (χ1v) is 7.30. The van der Waals surface area contributed by atoms with E-state index < -0.39 is 0 Å². The van der Waals surface area contributed by atoms with E-state index in [0.717, 1.165) is 9.37 Å². The lowest BCUT2D eigenvalue weighted by atomic mass is 10.2. The lowest BCUT2D eigenvalue weighted by molar-refractivity contribution is 0.489. The van der Waals surface area contributed by atoms with E-state index in [4.69, 9.17) is 15.4 Å². The smallest absolute Gasteiger partial charge is 0.261 e. The summed E-state index contributed by atoms with van der Waals surface area (Å²) in [6, 6.07) is 12.9. The Morgan fingerprint density at radius 2 is 2.10 bits per heavy atom. The van der Waals surface area contributed by atoms with Gasteiger partial charge in [0.1, 0.15) is 11.6 Å². The molecule has 98 valence electrons. The number of benzene rings is 2. The van der Waals surface area contributed by atoms with Crippen molar-refractivity contribution >= 4 is 44.5 Å². The summed E-state index contributed by atoms with van der Waals surface area (Å²) in [5.74, 6) is 0. The Morgan fingerprint density at radius 3 is 2.90 bits per heavy atom. The topological polar surface area (TPSA) is 75.8 Å². The second-order valence-corrected chi connectivity index (χ2v) is 5.97. The van der Waals surface area contributed by atoms with Crippen LogP contribution in [0.15, 0.2) is 55.4 Å². The number of hydrogen-bond donors (Lipinski definition) is 1. The van der Waals surface area contributed by atoms with Crippen molar-refractivity contribution in [2.75, 3.05) is 5.73 Å². The van der Waals surface area contributed by atoms with E-state index in [1.165, 1.54) is 11.8 Å². The Morgan fingerprint density at radius 1 is 1.25 bits per heavy atom. The first kappa shape index (κ1) is 13.0. The largest absolute Gasteiger partial charge is 0.431 e. The SMILES string of the molecule is N#Cc1ccc(Br)cc1Sc1nc2cc(N)ccc2o1. The van der Waals surface area contributed by atoms with Crippen LogP contribution in [0.25, 0.3) is 11.1 Å². The average molecular weight is 346 g/mol. The van der Waals surface area contributed by atoms with Crippen molar-refractivity contribution in [2.45, 2.75) is 10.1 Å². The highest BCUT2D eigenvalue weighted by Crippen LogP contribution is 2.33. The van der Waals surface area contributed by atoms with E-state index in [2.05, 4.69) is 27.0 Å². The number of hydrogen-bond acceptors (Lipinski definition) is 5. The molecule has 0 radical (unpaired) electrons. The van der Waals surface area contributed by atoms with Crippen LogP contribution < -0.4 is 5.73 Å². The quantitative estimate of drug-likeness (QED) is 0.704. The van der Waals surface area contributed by atoms with Crippen LogP contribution >= 0.6 is 27.7 Å². The zero-order valence-corrected chi connectivity index (χ0v) is 12.5. The number of halogens is 1. The molecule has 20 heavy (non-hydrogen) atoms. The average Bonchev–Trinajstić information content (AvgIpc) is 2.80.